The van der Waals surface area contributed by atoms with Gasteiger partial charge in [0.05, 0.1) is 11.4 Å². The van der Waals surface area contributed by atoms with Gasteiger partial charge in [0.1, 0.15) is 0 Å². The van der Waals surface area contributed by atoms with Gasteiger partial charge in [-0.15, -0.1) is 11.8 Å². The lowest BCUT2D eigenvalue weighted by Crippen LogP contribution is -2.07. The van der Waals surface area contributed by atoms with Gasteiger partial charge >= 0.3 is 0 Å². The molecule has 1 N–H and O–H groups in total. The third kappa shape index (κ3) is 4.06. The molecule has 0 saturated heterocycles. The Labute approximate surface area is 157 Å². The highest BCUT2D eigenvalue weighted by Crippen LogP contribution is 2.20. The van der Waals surface area contributed by atoms with Crippen LogP contribution in [0.4, 0.5) is 5.69 Å². The second kappa shape index (κ2) is 8.06. The Hall–Kier alpha value is -2.79. The Morgan fingerprint density at radius 1 is 1.08 bits per heavy atom. The van der Waals surface area contributed by atoms with Gasteiger partial charge in [0.2, 0.25) is 5.91 Å². The summed E-state index contributed by atoms with van der Waals surface area (Å²) < 4.78 is 1.90. The second-order valence-electron chi connectivity index (χ2n) is 5.88. The lowest BCUT2D eigenvalue weighted by molar-refractivity contribution is -0.111. The first-order valence-corrected chi connectivity index (χ1v) is 9.55. The van der Waals surface area contributed by atoms with Crippen molar-refractivity contribution >= 4 is 29.4 Å². The minimum absolute atomic E-state index is 0.159. The second-order valence-corrected chi connectivity index (χ2v) is 6.76. The predicted octanol–water partition coefficient (Wildman–Crippen LogP) is 4.86. The maximum Gasteiger partial charge on any atom is 0.248 e. The van der Waals surface area contributed by atoms with E-state index in [1.807, 2.05) is 85.5 Å². The van der Waals surface area contributed by atoms with E-state index in [1.54, 1.807) is 17.8 Å². The van der Waals surface area contributed by atoms with Crippen LogP contribution in [0.3, 0.4) is 0 Å². The molecule has 0 atom stereocenters. The Bertz CT molecular complexity index is 928. The summed E-state index contributed by atoms with van der Waals surface area (Å²) in [6.45, 7) is 3.96. The maximum atomic E-state index is 12.2. The van der Waals surface area contributed by atoms with Crippen LogP contribution in [0, 0.1) is 13.8 Å². The molecule has 1 heterocycles. The Balaban J connectivity index is 1.75. The molecule has 132 valence electrons. The molecular formula is C21H21N3OS. The molecule has 0 unspecified atom stereocenters. The van der Waals surface area contributed by atoms with Crippen molar-refractivity contribution in [2.75, 3.05) is 11.6 Å². The first-order valence-electron chi connectivity index (χ1n) is 8.33. The summed E-state index contributed by atoms with van der Waals surface area (Å²) in [4.78, 5) is 13.4. The van der Waals surface area contributed by atoms with Crippen LogP contribution in [0.5, 0.6) is 0 Å². The third-order valence-electron chi connectivity index (χ3n) is 4.11. The number of benzene rings is 2. The lowest BCUT2D eigenvalue weighted by atomic mass is 10.2. The van der Waals surface area contributed by atoms with Crippen LogP contribution >= 0.6 is 11.8 Å². The van der Waals surface area contributed by atoms with E-state index >= 15 is 0 Å². The van der Waals surface area contributed by atoms with Crippen LogP contribution < -0.4 is 5.32 Å². The molecule has 1 aromatic heterocycles. The minimum Gasteiger partial charge on any atom is -0.323 e. The molecular weight excluding hydrogens is 342 g/mol. The fourth-order valence-electron chi connectivity index (χ4n) is 2.73. The average Bonchev–Trinajstić information content (AvgIpc) is 2.95. The summed E-state index contributed by atoms with van der Waals surface area (Å²) in [5.74, 6) is -0.159. The van der Waals surface area contributed by atoms with Gasteiger partial charge in [-0.3, -0.25) is 4.79 Å². The summed E-state index contributed by atoms with van der Waals surface area (Å²) in [7, 11) is 0. The maximum absolute atomic E-state index is 12.2. The highest BCUT2D eigenvalue weighted by atomic mass is 32.2. The molecule has 5 heteroatoms. The van der Waals surface area contributed by atoms with Crippen molar-refractivity contribution in [3.8, 4) is 5.69 Å². The van der Waals surface area contributed by atoms with E-state index in [2.05, 4.69) is 10.4 Å². The zero-order valence-corrected chi connectivity index (χ0v) is 15.9. The zero-order valence-electron chi connectivity index (χ0n) is 15.1. The number of amides is 1. The van der Waals surface area contributed by atoms with Gasteiger partial charge in [0.25, 0.3) is 0 Å². The normalized spacial score (nSPS) is 11.0. The molecule has 0 bridgehead atoms. The molecule has 0 radical (unpaired) electrons. The van der Waals surface area contributed by atoms with Crippen molar-refractivity contribution in [1.82, 2.24) is 9.78 Å². The third-order valence-corrected chi connectivity index (χ3v) is 4.85. The molecule has 26 heavy (non-hydrogen) atoms. The van der Waals surface area contributed by atoms with Gasteiger partial charge in [-0.25, -0.2) is 4.68 Å². The standard InChI is InChI=1S/C21H21N3OS/c1-15-20(16(2)24(23-15)18-7-5-4-6-8-18)13-14-21(25)22-17-9-11-19(26-3)12-10-17/h4-14H,1-3H3,(H,22,25)/b14-13+. The molecule has 3 rings (SSSR count). The molecule has 0 aliphatic heterocycles. The van der Waals surface area contributed by atoms with Gasteiger partial charge in [-0.1, -0.05) is 18.2 Å². The van der Waals surface area contributed by atoms with Crippen LogP contribution in [0.25, 0.3) is 11.8 Å². The Kier molecular flexibility index (Phi) is 5.58. The number of thioether (sulfide) groups is 1. The first-order chi connectivity index (χ1) is 12.6. The molecule has 2 aromatic carbocycles. The molecule has 3 aromatic rings. The van der Waals surface area contributed by atoms with Crippen LogP contribution in [-0.4, -0.2) is 21.9 Å². The highest BCUT2D eigenvalue weighted by Gasteiger charge is 2.10. The molecule has 0 spiro atoms. The van der Waals surface area contributed by atoms with Crippen molar-refractivity contribution in [1.29, 1.82) is 0 Å². The quantitative estimate of drug-likeness (QED) is 0.520. The number of carbonyl (C=O) groups is 1. The fourth-order valence-corrected chi connectivity index (χ4v) is 3.14. The van der Waals surface area contributed by atoms with E-state index in [0.29, 0.717) is 0 Å². The Morgan fingerprint density at radius 2 is 1.77 bits per heavy atom. The average molecular weight is 363 g/mol. The van der Waals surface area contributed by atoms with Crippen LogP contribution in [0.2, 0.25) is 0 Å². The monoisotopic (exact) mass is 363 g/mol. The number of nitrogens with zero attached hydrogens (tertiary/aromatic N) is 2. The largest absolute Gasteiger partial charge is 0.323 e. The van der Waals surface area contributed by atoms with E-state index in [-0.39, 0.29) is 5.91 Å². The topological polar surface area (TPSA) is 46.9 Å². The lowest BCUT2D eigenvalue weighted by Gasteiger charge is -2.04. The Morgan fingerprint density at radius 3 is 2.42 bits per heavy atom. The first kappa shape index (κ1) is 18.0. The summed E-state index contributed by atoms with van der Waals surface area (Å²) in [6.07, 6.45) is 5.40. The molecule has 0 fully saturated rings. The van der Waals surface area contributed by atoms with Gasteiger partial charge in [-0.05, 0) is 62.6 Å². The number of rotatable bonds is 5. The van der Waals surface area contributed by atoms with Gasteiger partial charge < -0.3 is 5.32 Å². The van der Waals surface area contributed by atoms with Crippen molar-refractivity contribution in [2.45, 2.75) is 18.7 Å². The molecule has 0 aliphatic carbocycles. The van der Waals surface area contributed by atoms with Crippen LogP contribution in [-0.2, 0) is 4.79 Å². The van der Waals surface area contributed by atoms with Gasteiger partial charge in [0, 0.05) is 27.9 Å². The summed E-state index contributed by atoms with van der Waals surface area (Å²) in [6, 6.07) is 17.8. The number of hydrogen-bond donors (Lipinski definition) is 1. The van der Waals surface area contributed by atoms with Crippen LogP contribution in [0.1, 0.15) is 17.0 Å². The number of hydrogen-bond acceptors (Lipinski definition) is 3. The fraction of sp³-hybridized carbons (Fsp3) is 0.143. The molecule has 1 amide bonds. The minimum atomic E-state index is -0.159. The van der Waals surface area contributed by atoms with Crippen LogP contribution in [0.15, 0.2) is 65.6 Å². The van der Waals surface area contributed by atoms with E-state index in [1.165, 1.54) is 0 Å². The highest BCUT2D eigenvalue weighted by molar-refractivity contribution is 7.98. The van der Waals surface area contributed by atoms with Gasteiger partial charge in [0.15, 0.2) is 0 Å². The number of para-hydroxylation sites is 1. The van der Waals surface area contributed by atoms with E-state index in [4.69, 9.17) is 0 Å². The van der Waals surface area contributed by atoms with Crippen molar-refractivity contribution in [3.05, 3.63) is 77.6 Å². The number of nitrogens with one attached hydrogen (secondary N) is 1. The molecule has 4 nitrogen and oxygen atoms in total. The molecule has 0 aliphatic rings. The summed E-state index contributed by atoms with van der Waals surface area (Å²) in [5, 5.41) is 7.47. The summed E-state index contributed by atoms with van der Waals surface area (Å²) >= 11 is 1.67. The zero-order chi connectivity index (χ0) is 18.5. The summed E-state index contributed by atoms with van der Waals surface area (Å²) in [5.41, 5.74) is 4.64. The number of anilines is 1. The SMILES string of the molecule is CSc1ccc(NC(=O)/C=C/c2c(C)nn(-c3ccccc3)c2C)cc1. The van der Waals surface area contributed by atoms with Crippen molar-refractivity contribution < 1.29 is 4.79 Å². The van der Waals surface area contributed by atoms with Crippen molar-refractivity contribution in [2.24, 2.45) is 0 Å². The number of aryl methyl sites for hydroxylation is 1. The predicted molar refractivity (Wildman–Crippen MR) is 109 cm³/mol. The molecule has 0 saturated carbocycles. The smallest absolute Gasteiger partial charge is 0.248 e. The van der Waals surface area contributed by atoms with Gasteiger partial charge in [-0.2, -0.15) is 5.10 Å². The van der Waals surface area contributed by atoms with E-state index in [0.717, 1.165) is 33.2 Å². The van der Waals surface area contributed by atoms with E-state index in [9.17, 15) is 4.79 Å². The number of aromatic nitrogens is 2. The van der Waals surface area contributed by atoms with E-state index < -0.39 is 0 Å². The number of carbonyl (C=O) groups excluding carboxylic acids is 1. The van der Waals surface area contributed by atoms with Crippen molar-refractivity contribution in [3.63, 3.8) is 0 Å².